The van der Waals surface area contributed by atoms with Crippen LogP contribution in [0.2, 0.25) is 0 Å². The molecule has 3 aromatic rings. The molecule has 0 saturated heterocycles. The van der Waals surface area contributed by atoms with Gasteiger partial charge in [0.1, 0.15) is 10.7 Å². The van der Waals surface area contributed by atoms with Crippen LogP contribution in [0.15, 0.2) is 46.7 Å². The largest absolute Gasteiger partial charge is 0.253 e. The summed E-state index contributed by atoms with van der Waals surface area (Å²) in [6.07, 6.45) is 3.62. The van der Waals surface area contributed by atoms with E-state index in [2.05, 4.69) is 32.9 Å². The summed E-state index contributed by atoms with van der Waals surface area (Å²) in [7, 11) is 0. The van der Waals surface area contributed by atoms with Crippen LogP contribution in [-0.4, -0.2) is 9.97 Å². The molecule has 3 rings (SSSR count). The van der Waals surface area contributed by atoms with Crippen molar-refractivity contribution in [3.8, 4) is 21.8 Å². The molecular weight excluding hydrogens is 236 g/mol. The minimum atomic E-state index is 0.968. The maximum Gasteiger partial charge on any atom is 0.142 e. The molecule has 0 atom stereocenters. The number of hydrogen-bond donors (Lipinski definition) is 0. The van der Waals surface area contributed by atoms with Crippen molar-refractivity contribution in [1.82, 2.24) is 9.97 Å². The maximum atomic E-state index is 4.43. The maximum absolute atomic E-state index is 4.43. The molecule has 0 saturated carbocycles. The molecule has 0 aliphatic carbocycles. The van der Waals surface area contributed by atoms with Gasteiger partial charge in [0.15, 0.2) is 0 Å². The summed E-state index contributed by atoms with van der Waals surface area (Å²) in [5, 5.41) is 7.16. The zero-order valence-electron chi connectivity index (χ0n) is 8.33. The lowest BCUT2D eigenvalue weighted by atomic mass is 10.1. The van der Waals surface area contributed by atoms with Crippen LogP contribution < -0.4 is 0 Å². The number of pyridine rings is 1. The van der Waals surface area contributed by atoms with Crippen LogP contribution >= 0.6 is 22.7 Å². The molecule has 2 nitrogen and oxygen atoms in total. The third kappa shape index (κ3) is 1.66. The van der Waals surface area contributed by atoms with Crippen molar-refractivity contribution in [3.63, 3.8) is 0 Å². The van der Waals surface area contributed by atoms with Gasteiger partial charge in [-0.25, -0.2) is 4.98 Å². The van der Waals surface area contributed by atoms with Gasteiger partial charge in [0, 0.05) is 23.3 Å². The van der Waals surface area contributed by atoms with Crippen molar-refractivity contribution >= 4 is 22.7 Å². The average Bonchev–Trinajstić information content (AvgIpc) is 3.03. The van der Waals surface area contributed by atoms with Crippen molar-refractivity contribution in [2.45, 2.75) is 0 Å². The fourth-order valence-electron chi connectivity index (χ4n) is 1.57. The normalized spacial score (nSPS) is 10.5. The van der Waals surface area contributed by atoms with E-state index in [1.165, 1.54) is 5.56 Å². The Hall–Kier alpha value is -1.52. The Labute approximate surface area is 101 Å². The van der Waals surface area contributed by atoms with Crippen LogP contribution in [0.4, 0.5) is 0 Å². The van der Waals surface area contributed by atoms with Crippen molar-refractivity contribution in [2.75, 3.05) is 0 Å². The smallest absolute Gasteiger partial charge is 0.142 e. The minimum absolute atomic E-state index is 0.968. The lowest BCUT2D eigenvalue weighted by Crippen LogP contribution is -1.86. The lowest BCUT2D eigenvalue weighted by molar-refractivity contribution is 1.29. The summed E-state index contributed by atoms with van der Waals surface area (Å²) in [6, 6.07) is 6.16. The summed E-state index contributed by atoms with van der Waals surface area (Å²) in [5.74, 6) is 0. The van der Waals surface area contributed by atoms with E-state index in [-0.39, 0.29) is 0 Å². The summed E-state index contributed by atoms with van der Waals surface area (Å²) in [5.41, 5.74) is 3.33. The molecule has 0 aliphatic heterocycles. The highest BCUT2D eigenvalue weighted by Gasteiger charge is 2.10. The predicted octanol–water partition coefficient (Wildman–Crippen LogP) is 3.93. The first-order valence-electron chi connectivity index (χ1n) is 4.82. The first-order chi connectivity index (χ1) is 7.95. The molecule has 0 spiro atoms. The Balaban J connectivity index is 2.19. The van der Waals surface area contributed by atoms with E-state index in [4.69, 9.17) is 0 Å². The van der Waals surface area contributed by atoms with Gasteiger partial charge in [-0.05, 0) is 28.5 Å². The molecule has 0 unspecified atom stereocenters. The van der Waals surface area contributed by atoms with Crippen LogP contribution in [-0.2, 0) is 0 Å². The zero-order valence-corrected chi connectivity index (χ0v) is 9.96. The lowest BCUT2D eigenvalue weighted by Gasteiger charge is -2.03. The fraction of sp³-hybridized carbons (Fsp3) is 0. The molecule has 0 amide bonds. The summed E-state index contributed by atoms with van der Waals surface area (Å²) in [6.45, 7) is 0. The van der Waals surface area contributed by atoms with Gasteiger partial charge in [-0.2, -0.15) is 11.3 Å². The molecule has 0 aliphatic rings. The molecule has 3 heterocycles. The van der Waals surface area contributed by atoms with E-state index in [1.54, 1.807) is 22.7 Å². The van der Waals surface area contributed by atoms with E-state index in [1.807, 2.05) is 23.8 Å². The third-order valence-electron chi connectivity index (χ3n) is 2.27. The van der Waals surface area contributed by atoms with Crippen LogP contribution in [0.25, 0.3) is 21.8 Å². The Bertz CT molecular complexity index is 518. The standard InChI is InChI=1S/C12H8N2S2/c1-2-10(9-3-6-15-8-9)11(13-4-1)12-14-5-7-16-12/h1-8H. The van der Waals surface area contributed by atoms with E-state index in [9.17, 15) is 0 Å². The highest BCUT2D eigenvalue weighted by molar-refractivity contribution is 7.13. The van der Waals surface area contributed by atoms with Crippen molar-refractivity contribution in [1.29, 1.82) is 0 Å². The fourth-order valence-corrected chi connectivity index (χ4v) is 2.87. The van der Waals surface area contributed by atoms with Gasteiger partial charge in [0.25, 0.3) is 0 Å². The van der Waals surface area contributed by atoms with E-state index < -0.39 is 0 Å². The number of hydrogen-bond acceptors (Lipinski definition) is 4. The van der Waals surface area contributed by atoms with Crippen molar-refractivity contribution in [2.24, 2.45) is 0 Å². The number of thiophene rings is 1. The van der Waals surface area contributed by atoms with Gasteiger partial charge in [-0.1, -0.05) is 6.07 Å². The van der Waals surface area contributed by atoms with Crippen LogP contribution in [0.3, 0.4) is 0 Å². The Kier molecular flexibility index (Phi) is 2.52. The quantitative estimate of drug-likeness (QED) is 0.682. The second kappa shape index (κ2) is 4.15. The molecule has 0 aromatic carbocycles. The molecule has 78 valence electrons. The van der Waals surface area contributed by atoms with Crippen molar-refractivity contribution < 1.29 is 0 Å². The summed E-state index contributed by atoms with van der Waals surface area (Å²) < 4.78 is 0. The molecule has 0 fully saturated rings. The van der Waals surface area contributed by atoms with Gasteiger partial charge in [-0.15, -0.1) is 11.3 Å². The molecular formula is C12H8N2S2. The molecule has 0 bridgehead atoms. The average molecular weight is 244 g/mol. The van der Waals surface area contributed by atoms with Gasteiger partial charge in [-0.3, -0.25) is 4.98 Å². The van der Waals surface area contributed by atoms with Crippen molar-refractivity contribution in [3.05, 3.63) is 46.7 Å². The SMILES string of the molecule is c1cnc(-c2nccs2)c(-c2ccsc2)c1. The number of nitrogens with zero attached hydrogens (tertiary/aromatic N) is 2. The van der Waals surface area contributed by atoms with E-state index in [0.717, 1.165) is 16.3 Å². The number of thiazole rings is 1. The zero-order chi connectivity index (χ0) is 10.8. The van der Waals surface area contributed by atoms with Gasteiger partial charge in [0.2, 0.25) is 0 Å². The molecule has 4 heteroatoms. The Morgan fingerprint density at radius 3 is 2.75 bits per heavy atom. The Morgan fingerprint density at radius 1 is 1.00 bits per heavy atom. The predicted molar refractivity (Wildman–Crippen MR) is 68.7 cm³/mol. The van der Waals surface area contributed by atoms with Gasteiger partial charge >= 0.3 is 0 Å². The highest BCUT2D eigenvalue weighted by atomic mass is 32.1. The summed E-state index contributed by atoms with van der Waals surface area (Å²) >= 11 is 3.31. The van der Waals surface area contributed by atoms with Crippen LogP contribution in [0, 0.1) is 0 Å². The van der Waals surface area contributed by atoms with Crippen LogP contribution in [0.1, 0.15) is 0 Å². The minimum Gasteiger partial charge on any atom is -0.253 e. The molecule has 3 aromatic heterocycles. The van der Waals surface area contributed by atoms with E-state index >= 15 is 0 Å². The van der Waals surface area contributed by atoms with Gasteiger partial charge < -0.3 is 0 Å². The molecule has 0 N–H and O–H groups in total. The monoisotopic (exact) mass is 244 g/mol. The number of aromatic nitrogens is 2. The Morgan fingerprint density at radius 2 is 2.00 bits per heavy atom. The molecule has 16 heavy (non-hydrogen) atoms. The highest BCUT2D eigenvalue weighted by Crippen LogP contribution is 2.32. The number of rotatable bonds is 2. The van der Waals surface area contributed by atoms with E-state index in [0.29, 0.717) is 0 Å². The van der Waals surface area contributed by atoms with Gasteiger partial charge in [0.05, 0.1) is 0 Å². The second-order valence-electron chi connectivity index (χ2n) is 3.25. The first kappa shape index (κ1) is 9.69. The summed E-state index contributed by atoms with van der Waals surface area (Å²) in [4.78, 5) is 8.75. The topological polar surface area (TPSA) is 25.8 Å². The first-order valence-corrected chi connectivity index (χ1v) is 6.65. The van der Waals surface area contributed by atoms with Crippen LogP contribution in [0.5, 0.6) is 0 Å². The second-order valence-corrected chi connectivity index (χ2v) is 4.92. The third-order valence-corrected chi connectivity index (χ3v) is 3.74. The molecule has 0 radical (unpaired) electrons.